The van der Waals surface area contributed by atoms with Crippen LogP contribution >= 0.6 is 0 Å². The van der Waals surface area contributed by atoms with Crippen LogP contribution in [0.5, 0.6) is 0 Å². The van der Waals surface area contributed by atoms with Gasteiger partial charge in [-0.15, -0.1) is 0 Å². The van der Waals surface area contributed by atoms with Gasteiger partial charge in [-0.2, -0.15) is 0 Å². The minimum Gasteiger partial charge on any atom is -0.503 e. The largest absolute Gasteiger partial charge is 0.503 e. The van der Waals surface area contributed by atoms with E-state index in [4.69, 9.17) is 0 Å². The average molecular weight is 343 g/mol. The third-order valence-electron chi connectivity index (χ3n) is 4.68. The molecule has 1 aliphatic heterocycles. The SMILES string of the molecule is CCCCCN1C(=O)C(O)=C(C(=O)CC(C)C)C1c1ccccc1C. The van der Waals surface area contributed by atoms with E-state index in [0.29, 0.717) is 13.0 Å². The number of aliphatic hydroxyl groups is 1. The van der Waals surface area contributed by atoms with E-state index < -0.39 is 11.9 Å². The van der Waals surface area contributed by atoms with Gasteiger partial charge < -0.3 is 10.0 Å². The van der Waals surface area contributed by atoms with E-state index in [2.05, 4.69) is 6.92 Å². The van der Waals surface area contributed by atoms with E-state index in [-0.39, 0.29) is 23.0 Å². The quantitative estimate of drug-likeness (QED) is 0.707. The first-order chi connectivity index (χ1) is 11.9. The van der Waals surface area contributed by atoms with Crippen molar-refractivity contribution >= 4 is 11.7 Å². The van der Waals surface area contributed by atoms with Crippen molar-refractivity contribution in [1.82, 2.24) is 4.90 Å². The molecule has 0 saturated heterocycles. The lowest BCUT2D eigenvalue weighted by Crippen LogP contribution is -2.32. The molecule has 0 aliphatic carbocycles. The van der Waals surface area contributed by atoms with Crippen LogP contribution in [-0.4, -0.2) is 28.2 Å². The van der Waals surface area contributed by atoms with Crippen molar-refractivity contribution in [3.63, 3.8) is 0 Å². The first-order valence-electron chi connectivity index (χ1n) is 9.21. The summed E-state index contributed by atoms with van der Waals surface area (Å²) >= 11 is 0. The number of hydrogen-bond donors (Lipinski definition) is 1. The van der Waals surface area contributed by atoms with E-state index in [9.17, 15) is 14.7 Å². The molecule has 0 fully saturated rings. The molecule has 1 heterocycles. The lowest BCUT2D eigenvalue weighted by atomic mass is 9.90. The second kappa shape index (κ2) is 8.32. The highest BCUT2D eigenvalue weighted by atomic mass is 16.3. The van der Waals surface area contributed by atoms with Gasteiger partial charge in [0.1, 0.15) is 0 Å². The summed E-state index contributed by atoms with van der Waals surface area (Å²) in [6.07, 6.45) is 3.26. The van der Waals surface area contributed by atoms with Gasteiger partial charge in [-0.25, -0.2) is 0 Å². The molecule has 1 N–H and O–H groups in total. The van der Waals surface area contributed by atoms with Gasteiger partial charge in [0.25, 0.3) is 5.91 Å². The maximum Gasteiger partial charge on any atom is 0.290 e. The van der Waals surface area contributed by atoms with Gasteiger partial charge in [-0.05, 0) is 30.4 Å². The maximum atomic E-state index is 12.8. The lowest BCUT2D eigenvalue weighted by Gasteiger charge is -2.28. The van der Waals surface area contributed by atoms with Crippen molar-refractivity contribution in [2.75, 3.05) is 6.54 Å². The summed E-state index contributed by atoms with van der Waals surface area (Å²) in [5.41, 5.74) is 2.21. The molecule has 136 valence electrons. The number of benzene rings is 1. The fourth-order valence-electron chi connectivity index (χ4n) is 3.40. The zero-order chi connectivity index (χ0) is 18.6. The van der Waals surface area contributed by atoms with Crippen molar-refractivity contribution in [3.05, 3.63) is 46.7 Å². The Morgan fingerprint density at radius 2 is 1.92 bits per heavy atom. The minimum absolute atomic E-state index is 0.132. The molecular weight excluding hydrogens is 314 g/mol. The molecule has 2 rings (SSSR count). The topological polar surface area (TPSA) is 57.6 Å². The highest BCUT2D eigenvalue weighted by Gasteiger charge is 2.43. The second-order valence-electron chi connectivity index (χ2n) is 7.25. The van der Waals surface area contributed by atoms with Gasteiger partial charge in [0.15, 0.2) is 11.5 Å². The van der Waals surface area contributed by atoms with Gasteiger partial charge in [-0.1, -0.05) is 57.9 Å². The summed E-state index contributed by atoms with van der Waals surface area (Å²) in [5.74, 6) is -0.742. The lowest BCUT2D eigenvalue weighted by molar-refractivity contribution is -0.129. The van der Waals surface area contributed by atoms with Crippen LogP contribution in [0.15, 0.2) is 35.6 Å². The Labute approximate surface area is 150 Å². The van der Waals surface area contributed by atoms with Crippen LogP contribution in [0, 0.1) is 12.8 Å². The summed E-state index contributed by atoms with van der Waals surface area (Å²) in [4.78, 5) is 27.1. The molecule has 1 aromatic rings. The van der Waals surface area contributed by atoms with Crippen molar-refractivity contribution in [3.8, 4) is 0 Å². The Hall–Kier alpha value is -2.10. The number of rotatable bonds is 8. The van der Waals surface area contributed by atoms with Crippen molar-refractivity contribution in [1.29, 1.82) is 0 Å². The zero-order valence-electron chi connectivity index (χ0n) is 15.7. The Morgan fingerprint density at radius 1 is 1.24 bits per heavy atom. The minimum atomic E-state index is -0.475. The van der Waals surface area contributed by atoms with Gasteiger partial charge in [0, 0.05) is 13.0 Å². The van der Waals surface area contributed by atoms with E-state index in [1.165, 1.54) is 0 Å². The first kappa shape index (κ1) is 19.2. The summed E-state index contributed by atoms with van der Waals surface area (Å²) in [7, 11) is 0. The van der Waals surface area contributed by atoms with E-state index >= 15 is 0 Å². The number of aryl methyl sites for hydroxylation is 1. The highest BCUT2D eigenvalue weighted by molar-refractivity contribution is 6.09. The Balaban J connectivity index is 2.45. The van der Waals surface area contributed by atoms with Crippen molar-refractivity contribution in [2.45, 2.75) is 59.4 Å². The van der Waals surface area contributed by atoms with Crippen LogP contribution in [0.2, 0.25) is 0 Å². The van der Waals surface area contributed by atoms with Crippen LogP contribution in [0.3, 0.4) is 0 Å². The molecule has 0 radical (unpaired) electrons. The number of hydrogen-bond acceptors (Lipinski definition) is 3. The normalized spacial score (nSPS) is 17.7. The molecule has 4 heteroatoms. The number of ketones is 1. The van der Waals surface area contributed by atoms with Crippen LogP contribution in [0.4, 0.5) is 0 Å². The molecule has 25 heavy (non-hydrogen) atoms. The van der Waals surface area contributed by atoms with Crippen LogP contribution in [0.25, 0.3) is 0 Å². The van der Waals surface area contributed by atoms with Crippen LogP contribution < -0.4 is 0 Å². The smallest absolute Gasteiger partial charge is 0.290 e. The third-order valence-corrected chi connectivity index (χ3v) is 4.68. The zero-order valence-corrected chi connectivity index (χ0v) is 15.7. The third kappa shape index (κ3) is 4.12. The summed E-state index contributed by atoms with van der Waals surface area (Å²) in [6.45, 7) is 8.57. The van der Waals surface area contributed by atoms with Crippen molar-refractivity contribution < 1.29 is 14.7 Å². The van der Waals surface area contributed by atoms with E-state index in [1.807, 2.05) is 45.0 Å². The first-order valence-corrected chi connectivity index (χ1v) is 9.21. The number of nitrogens with zero attached hydrogens (tertiary/aromatic N) is 1. The summed E-state index contributed by atoms with van der Waals surface area (Å²) in [5, 5.41) is 10.5. The van der Waals surface area contributed by atoms with Crippen LogP contribution in [0.1, 0.15) is 63.6 Å². The van der Waals surface area contributed by atoms with Gasteiger partial charge in [-0.3, -0.25) is 9.59 Å². The predicted molar refractivity (Wildman–Crippen MR) is 99.3 cm³/mol. The van der Waals surface area contributed by atoms with Crippen molar-refractivity contribution in [2.24, 2.45) is 5.92 Å². The molecule has 1 aliphatic rings. The Morgan fingerprint density at radius 3 is 2.52 bits per heavy atom. The summed E-state index contributed by atoms with van der Waals surface area (Å²) in [6, 6.07) is 7.30. The molecule has 1 aromatic carbocycles. The number of Topliss-reactive ketones (excluding diaryl/α,β-unsaturated/α-hetero) is 1. The fraction of sp³-hybridized carbons (Fsp3) is 0.524. The second-order valence-corrected chi connectivity index (χ2v) is 7.25. The predicted octanol–water partition coefficient (Wildman–Crippen LogP) is 4.50. The van der Waals surface area contributed by atoms with Crippen LogP contribution in [-0.2, 0) is 9.59 Å². The molecule has 4 nitrogen and oxygen atoms in total. The number of carbonyl (C=O) groups excluding carboxylic acids is 2. The number of unbranched alkanes of at least 4 members (excludes halogenated alkanes) is 2. The molecule has 0 spiro atoms. The average Bonchev–Trinajstić information content (AvgIpc) is 2.80. The Bertz CT molecular complexity index is 675. The number of aliphatic hydroxyl groups excluding tert-OH is 1. The highest BCUT2D eigenvalue weighted by Crippen LogP contribution is 2.39. The number of carbonyl (C=O) groups is 2. The Kier molecular flexibility index (Phi) is 6.40. The monoisotopic (exact) mass is 343 g/mol. The molecule has 0 saturated carbocycles. The van der Waals surface area contributed by atoms with Gasteiger partial charge in [0.2, 0.25) is 0 Å². The molecule has 0 bridgehead atoms. The summed E-state index contributed by atoms with van der Waals surface area (Å²) < 4.78 is 0. The molecule has 0 aromatic heterocycles. The fourth-order valence-corrected chi connectivity index (χ4v) is 3.40. The molecular formula is C21H29NO3. The van der Waals surface area contributed by atoms with Gasteiger partial charge in [0.05, 0.1) is 11.6 Å². The molecule has 1 unspecified atom stereocenters. The molecule has 1 amide bonds. The maximum absolute atomic E-state index is 12.8. The van der Waals surface area contributed by atoms with E-state index in [0.717, 1.165) is 30.4 Å². The molecule has 1 atom stereocenters. The number of amides is 1. The van der Waals surface area contributed by atoms with Gasteiger partial charge >= 0.3 is 0 Å². The standard InChI is InChI=1S/C21H29NO3/c1-5-6-9-12-22-19(16-11-8-7-10-15(16)4)18(20(24)21(22)25)17(23)13-14(2)3/h7-8,10-11,14,19,24H,5-6,9,12-13H2,1-4H3. The van der Waals surface area contributed by atoms with E-state index in [1.54, 1.807) is 4.90 Å².